The van der Waals surface area contributed by atoms with E-state index >= 15 is 0 Å². The molecule has 1 heterocycles. The summed E-state index contributed by atoms with van der Waals surface area (Å²) in [5.74, 6) is -0.132. The van der Waals surface area contributed by atoms with Crippen LogP contribution in [0.3, 0.4) is 0 Å². The van der Waals surface area contributed by atoms with Gasteiger partial charge in [0.25, 0.3) is 0 Å². The lowest BCUT2D eigenvalue weighted by atomic mass is 10.0. The lowest BCUT2D eigenvalue weighted by molar-refractivity contribution is -0.125. The molecule has 5 heteroatoms. The molecule has 1 fully saturated rings. The van der Waals surface area contributed by atoms with Crippen molar-refractivity contribution in [1.82, 2.24) is 15.1 Å². The molecule has 3 amide bonds. The molecule has 0 spiro atoms. The van der Waals surface area contributed by atoms with Crippen molar-refractivity contribution in [2.75, 3.05) is 26.7 Å². The molecule has 1 saturated heterocycles. The van der Waals surface area contributed by atoms with Crippen LogP contribution in [0.1, 0.15) is 24.1 Å². The monoisotopic (exact) mass is 275 g/mol. The van der Waals surface area contributed by atoms with Gasteiger partial charge in [0.1, 0.15) is 6.54 Å². The van der Waals surface area contributed by atoms with E-state index in [1.165, 1.54) is 15.4 Å². The third kappa shape index (κ3) is 2.99. The molecule has 108 valence electrons. The Kier molecular flexibility index (Phi) is 4.39. The highest BCUT2D eigenvalue weighted by Gasteiger charge is 2.35. The van der Waals surface area contributed by atoms with Crippen molar-refractivity contribution in [2.45, 2.75) is 19.9 Å². The van der Waals surface area contributed by atoms with Gasteiger partial charge in [0.05, 0.1) is 6.04 Å². The van der Waals surface area contributed by atoms with Crippen LogP contribution < -0.4 is 5.32 Å². The van der Waals surface area contributed by atoms with Gasteiger partial charge in [-0.3, -0.25) is 9.69 Å². The van der Waals surface area contributed by atoms with Crippen molar-refractivity contribution in [3.63, 3.8) is 0 Å². The van der Waals surface area contributed by atoms with Crippen LogP contribution in [0.4, 0.5) is 4.79 Å². The third-order valence-electron chi connectivity index (χ3n) is 3.53. The van der Waals surface area contributed by atoms with Crippen molar-refractivity contribution in [1.29, 1.82) is 0 Å². The molecule has 2 rings (SSSR count). The number of nitrogens with zero attached hydrogens (tertiary/aromatic N) is 2. The Morgan fingerprint density at radius 1 is 1.25 bits per heavy atom. The summed E-state index contributed by atoms with van der Waals surface area (Å²) in [5, 5.41) is 3.34. The summed E-state index contributed by atoms with van der Waals surface area (Å²) in [4.78, 5) is 26.6. The first-order valence-corrected chi connectivity index (χ1v) is 6.88. The number of carbonyl (C=O) groups excluding carboxylic acids is 2. The summed E-state index contributed by atoms with van der Waals surface area (Å²) >= 11 is 0. The first-order valence-electron chi connectivity index (χ1n) is 6.88. The average molecular weight is 275 g/mol. The van der Waals surface area contributed by atoms with Crippen LogP contribution in [0, 0.1) is 6.92 Å². The van der Waals surface area contributed by atoms with Gasteiger partial charge in [-0.1, -0.05) is 36.8 Å². The summed E-state index contributed by atoms with van der Waals surface area (Å²) in [6, 6.07) is 7.92. The Hall–Kier alpha value is -1.88. The maximum atomic E-state index is 11.9. The summed E-state index contributed by atoms with van der Waals surface area (Å²) in [5.41, 5.74) is 2.28. The molecule has 1 aliphatic rings. The fraction of sp³-hybridized carbons (Fsp3) is 0.467. The molecule has 0 radical (unpaired) electrons. The summed E-state index contributed by atoms with van der Waals surface area (Å²) < 4.78 is 0. The molecule has 0 aliphatic carbocycles. The number of likely N-dealkylation sites (N-methyl/N-ethyl adjacent to an activating group) is 2. The SMILES string of the molecule is CCNC(CN1C(=O)CN(C)C1=O)c1ccc(C)cc1. The summed E-state index contributed by atoms with van der Waals surface area (Å²) in [6.07, 6.45) is 0. The molecule has 20 heavy (non-hydrogen) atoms. The lowest BCUT2D eigenvalue weighted by Gasteiger charge is -2.23. The number of aryl methyl sites for hydroxylation is 1. The molecule has 1 aromatic rings. The second kappa shape index (κ2) is 6.05. The van der Waals surface area contributed by atoms with Crippen LogP contribution in [-0.4, -0.2) is 48.4 Å². The highest BCUT2D eigenvalue weighted by molar-refractivity contribution is 6.01. The number of imide groups is 1. The number of nitrogens with one attached hydrogen (secondary N) is 1. The van der Waals surface area contributed by atoms with Crippen molar-refractivity contribution in [2.24, 2.45) is 0 Å². The van der Waals surface area contributed by atoms with Crippen LogP contribution in [0.2, 0.25) is 0 Å². The number of rotatable bonds is 5. The molecule has 5 nitrogen and oxygen atoms in total. The predicted octanol–water partition coefficient (Wildman–Crippen LogP) is 1.54. The van der Waals surface area contributed by atoms with E-state index in [0.717, 1.165) is 12.1 Å². The van der Waals surface area contributed by atoms with E-state index in [9.17, 15) is 9.59 Å². The van der Waals surface area contributed by atoms with E-state index in [1.807, 2.05) is 38.1 Å². The van der Waals surface area contributed by atoms with Crippen LogP contribution in [0.25, 0.3) is 0 Å². The van der Waals surface area contributed by atoms with E-state index in [1.54, 1.807) is 7.05 Å². The van der Waals surface area contributed by atoms with Crippen molar-refractivity contribution < 1.29 is 9.59 Å². The van der Waals surface area contributed by atoms with Gasteiger partial charge in [-0.25, -0.2) is 4.79 Å². The van der Waals surface area contributed by atoms with Crippen LogP contribution >= 0.6 is 0 Å². The number of amides is 3. The van der Waals surface area contributed by atoms with Gasteiger partial charge in [-0.2, -0.15) is 0 Å². The summed E-state index contributed by atoms with van der Waals surface area (Å²) in [6.45, 7) is 5.38. The molecular formula is C15H21N3O2. The fourth-order valence-electron chi connectivity index (χ4n) is 2.36. The molecular weight excluding hydrogens is 254 g/mol. The molecule has 0 bridgehead atoms. The van der Waals surface area contributed by atoms with E-state index in [4.69, 9.17) is 0 Å². The Morgan fingerprint density at radius 2 is 1.90 bits per heavy atom. The Balaban J connectivity index is 2.15. The number of hydrogen-bond acceptors (Lipinski definition) is 3. The first-order chi connectivity index (χ1) is 9.52. The largest absolute Gasteiger partial charge is 0.327 e. The minimum absolute atomic E-state index is 0.0278. The van der Waals surface area contributed by atoms with Gasteiger partial charge in [0.2, 0.25) is 5.91 Å². The normalized spacial score (nSPS) is 16.9. The Labute approximate surface area is 119 Å². The molecule has 0 aromatic heterocycles. The smallest absolute Gasteiger partial charge is 0.318 e. The van der Waals surface area contributed by atoms with E-state index in [0.29, 0.717) is 6.54 Å². The maximum absolute atomic E-state index is 11.9. The Bertz CT molecular complexity index is 498. The second-order valence-corrected chi connectivity index (χ2v) is 5.16. The van der Waals surface area contributed by atoms with E-state index < -0.39 is 0 Å². The van der Waals surface area contributed by atoms with Gasteiger partial charge in [0.15, 0.2) is 0 Å². The predicted molar refractivity (Wildman–Crippen MR) is 77.3 cm³/mol. The highest BCUT2D eigenvalue weighted by Crippen LogP contribution is 2.18. The number of urea groups is 1. The van der Waals surface area contributed by atoms with Gasteiger partial charge >= 0.3 is 6.03 Å². The molecule has 1 N–H and O–H groups in total. The molecule has 1 aromatic carbocycles. The zero-order valence-electron chi connectivity index (χ0n) is 12.2. The first kappa shape index (κ1) is 14.5. The second-order valence-electron chi connectivity index (χ2n) is 5.16. The molecule has 1 atom stereocenters. The number of benzene rings is 1. The third-order valence-corrected chi connectivity index (χ3v) is 3.53. The molecule has 0 saturated carbocycles. The van der Waals surface area contributed by atoms with Gasteiger partial charge < -0.3 is 10.2 Å². The number of hydrogen-bond donors (Lipinski definition) is 1. The standard InChI is InChI=1S/C15H21N3O2/c1-4-16-13(12-7-5-11(2)6-8-12)9-18-14(19)10-17(3)15(18)20/h5-8,13,16H,4,9-10H2,1-3H3. The molecule has 1 aliphatic heterocycles. The van der Waals surface area contributed by atoms with Gasteiger partial charge in [-0.15, -0.1) is 0 Å². The number of carbonyl (C=O) groups is 2. The maximum Gasteiger partial charge on any atom is 0.327 e. The zero-order valence-corrected chi connectivity index (χ0v) is 12.2. The van der Waals surface area contributed by atoms with E-state index in [2.05, 4.69) is 5.32 Å². The Morgan fingerprint density at radius 3 is 2.40 bits per heavy atom. The summed E-state index contributed by atoms with van der Waals surface area (Å²) in [7, 11) is 1.65. The van der Waals surface area contributed by atoms with Crippen molar-refractivity contribution in [3.8, 4) is 0 Å². The minimum Gasteiger partial charge on any atom is -0.318 e. The van der Waals surface area contributed by atoms with Crippen molar-refractivity contribution in [3.05, 3.63) is 35.4 Å². The van der Waals surface area contributed by atoms with Crippen LogP contribution in [-0.2, 0) is 4.79 Å². The fourth-order valence-corrected chi connectivity index (χ4v) is 2.36. The topological polar surface area (TPSA) is 52.7 Å². The van der Waals surface area contributed by atoms with Crippen LogP contribution in [0.5, 0.6) is 0 Å². The average Bonchev–Trinajstić information content (AvgIpc) is 2.65. The quantitative estimate of drug-likeness (QED) is 0.829. The van der Waals surface area contributed by atoms with E-state index in [-0.39, 0.29) is 24.5 Å². The van der Waals surface area contributed by atoms with Crippen molar-refractivity contribution >= 4 is 11.9 Å². The highest BCUT2D eigenvalue weighted by atomic mass is 16.2. The zero-order chi connectivity index (χ0) is 14.7. The lowest BCUT2D eigenvalue weighted by Crippen LogP contribution is -2.39. The van der Waals surface area contributed by atoms with Gasteiger partial charge in [-0.05, 0) is 19.0 Å². The van der Waals surface area contributed by atoms with Gasteiger partial charge in [0, 0.05) is 13.6 Å². The minimum atomic E-state index is -0.218. The van der Waals surface area contributed by atoms with Crippen LogP contribution in [0.15, 0.2) is 24.3 Å². The molecule has 1 unspecified atom stereocenters.